The summed E-state index contributed by atoms with van der Waals surface area (Å²) in [5.41, 5.74) is -0.252. The molecule has 0 amide bonds. The fourth-order valence-corrected chi connectivity index (χ4v) is 2.44. The van der Waals surface area contributed by atoms with Gasteiger partial charge in [0, 0.05) is 18.7 Å². The Balaban J connectivity index is 2.80. The fraction of sp³-hybridized carbons (Fsp3) is 0.700. The molecule has 0 spiro atoms. The molecule has 0 saturated carbocycles. The average molecular weight is 244 g/mol. The van der Waals surface area contributed by atoms with Gasteiger partial charge < -0.3 is 5.32 Å². The van der Waals surface area contributed by atoms with Crippen LogP contribution >= 0.6 is 11.8 Å². The third-order valence-corrected chi connectivity index (χ3v) is 3.39. The molecule has 1 rings (SSSR count). The minimum atomic E-state index is -0.557. The molecule has 1 fully saturated rings. The quantitative estimate of drug-likeness (QED) is 0.454. The topological polar surface area (TPSA) is 72.2 Å². The first-order chi connectivity index (χ1) is 7.66. The molecule has 0 radical (unpaired) electrons. The van der Waals surface area contributed by atoms with E-state index >= 15 is 0 Å². The Bertz CT molecular complexity index is 307. The Kier molecular flexibility index (Phi) is 5.31. The number of thioether (sulfide) groups is 1. The van der Waals surface area contributed by atoms with E-state index in [1.165, 1.54) is 11.8 Å². The summed E-state index contributed by atoms with van der Waals surface area (Å²) in [6, 6.07) is 0. The highest BCUT2D eigenvalue weighted by Gasteiger charge is 2.28. The molecule has 16 heavy (non-hydrogen) atoms. The Hall–Kier alpha value is -1.04. The van der Waals surface area contributed by atoms with E-state index in [1.54, 1.807) is 0 Å². The van der Waals surface area contributed by atoms with E-state index in [-0.39, 0.29) is 17.9 Å². The van der Waals surface area contributed by atoms with Gasteiger partial charge in [0.2, 0.25) is 5.78 Å². The second-order valence-corrected chi connectivity index (χ2v) is 4.70. The summed E-state index contributed by atoms with van der Waals surface area (Å²) in [6.45, 7) is 2.67. The van der Waals surface area contributed by atoms with Gasteiger partial charge in [0.25, 0.3) is 0 Å². The van der Waals surface area contributed by atoms with E-state index < -0.39 is 4.92 Å². The maximum absolute atomic E-state index is 11.7. The van der Waals surface area contributed by atoms with E-state index in [9.17, 15) is 14.9 Å². The molecule has 0 aromatic heterocycles. The van der Waals surface area contributed by atoms with Crippen molar-refractivity contribution in [1.82, 2.24) is 5.32 Å². The normalized spacial score (nSPS) is 18.8. The highest BCUT2D eigenvalue weighted by Crippen LogP contribution is 2.23. The number of unbranched alkanes of at least 4 members (excludes halogenated alkanes) is 1. The number of ketones is 1. The minimum absolute atomic E-state index is 0.252. The van der Waals surface area contributed by atoms with Crippen LogP contribution < -0.4 is 5.32 Å². The van der Waals surface area contributed by atoms with E-state index in [0.29, 0.717) is 18.0 Å². The van der Waals surface area contributed by atoms with Crippen LogP contribution in [0.15, 0.2) is 10.7 Å². The van der Waals surface area contributed by atoms with Crippen molar-refractivity contribution in [2.24, 2.45) is 0 Å². The molecular weight excluding hydrogens is 228 g/mol. The van der Waals surface area contributed by atoms with E-state index in [1.807, 2.05) is 6.92 Å². The van der Waals surface area contributed by atoms with Gasteiger partial charge in [-0.1, -0.05) is 13.3 Å². The summed E-state index contributed by atoms with van der Waals surface area (Å²) in [7, 11) is 0. The largest absolute Gasteiger partial charge is 0.374 e. The van der Waals surface area contributed by atoms with Gasteiger partial charge in [-0.3, -0.25) is 14.9 Å². The fourth-order valence-electron chi connectivity index (χ4n) is 1.42. The highest BCUT2D eigenvalue weighted by atomic mass is 32.2. The summed E-state index contributed by atoms with van der Waals surface area (Å²) in [5, 5.41) is 14.3. The number of allylic oxidation sites excluding steroid dienone is 1. The molecule has 0 unspecified atom stereocenters. The number of rotatable bonds is 5. The number of hydrogen-bond donors (Lipinski definition) is 1. The van der Waals surface area contributed by atoms with Crippen LogP contribution in [0.1, 0.15) is 32.6 Å². The lowest BCUT2D eigenvalue weighted by atomic mass is 10.1. The third kappa shape index (κ3) is 3.52. The molecule has 90 valence electrons. The second-order valence-electron chi connectivity index (χ2n) is 3.59. The molecule has 1 heterocycles. The molecule has 1 N–H and O–H groups in total. The zero-order valence-corrected chi connectivity index (χ0v) is 10.1. The molecule has 0 aliphatic carbocycles. The van der Waals surface area contributed by atoms with E-state index in [0.717, 1.165) is 18.6 Å². The first kappa shape index (κ1) is 13.0. The van der Waals surface area contributed by atoms with Crippen LogP contribution in [0.5, 0.6) is 0 Å². The number of carbonyl (C=O) groups excluding carboxylic acids is 1. The number of hydrogen-bond acceptors (Lipinski definition) is 5. The number of Topliss-reactive ketones (excluding diaryl/α,β-unsaturated/α-hetero) is 1. The van der Waals surface area contributed by atoms with Gasteiger partial charge in [0.05, 0.1) is 4.92 Å². The van der Waals surface area contributed by atoms with Crippen molar-refractivity contribution in [3.63, 3.8) is 0 Å². The summed E-state index contributed by atoms with van der Waals surface area (Å²) in [4.78, 5) is 22.0. The average Bonchev–Trinajstić information content (AvgIpc) is 2.27. The monoisotopic (exact) mass is 244 g/mol. The molecule has 1 aliphatic heterocycles. The summed E-state index contributed by atoms with van der Waals surface area (Å²) >= 11 is 1.37. The van der Waals surface area contributed by atoms with Crippen LogP contribution in [-0.2, 0) is 4.79 Å². The van der Waals surface area contributed by atoms with Crippen molar-refractivity contribution in [1.29, 1.82) is 0 Å². The Morgan fingerprint density at radius 1 is 1.62 bits per heavy atom. The predicted octanol–water partition coefficient (Wildman–Crippen LogP) is 1.92. The van der Waals surface area contributed by atoms with Crippen molar-refractivity contribution in [3.8, 4) is 0 Å². The van der Waals surface area contributed by atoms with Crippen molar-refractivity contribution in [2.75, 3.05) is 12.3 Å². The highest BCUT2D eigenvalue weighted by molar-refractivity contribution is 8.03. The van der Waals surface area contributed by atoms with Gasteiger partial charge in [-0.25, -0.2) is 0 Å². The molecule has 0 atom stereocenters. The van der Waals surface area contributed by atoms with Gasteiger partial charge in [-0.15, -0.1) is 11.8 Å². The lowest BCUT2D eigenvalue weighted by Crippen LogP contribution is -2.25. The summed E-state index contributed by atoms with van der Waals surface area (Å²) in [6.07, 6.45) is 2.81. The second kappa shape index (κ2) is 6.52. The van der Waals surface area contributed by atoms with E-state index in [4.69, 9.17) is 0 Å². The van der Waals surface area contributed by atoms with Crippen LogP contribution in [0.3, 0.4) is 0 Å². The summed E-state index contributed by atoms with van der Waals surface area (Å²) < 4.78 is 0. The molecule has 0 bridgehead atoms. The molecule has 1 saturated heterocycles. The maximum Gasteiger partial charge on any atom is 0.341 e. The smallest absolute Gasteiger partial charge is 0.341 e. The zero-order chi connectivity index (χ0) is 12.0. The van der Waals surface area contributed by atoms with Crippen LogP contribution in [0.4, 0.5) is 0 Å². The van der Waals surface area contributed by atoms with Crippen LogP contribution in [-0.4, -0.2) is 23.0 Å². The van der Waals surface area contributed by atoms with E-state index in [2.05, 4.69) is 5.32 Å². The molecule has 0 aromatic rings. The molecule has 0 aromatic carbocycles. The predicted molar refractivity (Wildman–Crippen MR) is 63.6 cm³/mol. The number of nitrogens with one attached hydrogen (secondary N) is 1. The molecule has 5 nitrogen and oxygen atoms in total. The minimum Gasteiger partial charge on any atom is -0.374 e. The van der Waals surface area contributed by atoms with Gasteiger partial charge >= 0.3 is 5.70 Å². The Morgan fingerprint density at radius 2 is 2.38 bits per heavy atom. The van der Waals surface area contributed by atoms with Crippen LogP contribution in [0.2, 0.25) is 0 Å². The Morgan fingerprint density at radius 3 is 2.88 bits per heavy atom. The van der Waals surface area contributed by atoms with Gasteiger partial charge in [-0.2, -0.15) is 0 Å². The zero-order valence-electron chi connectivity index (χ0n) is 9.32. The SMILES string of the molecule is CCCCC(=O)/C(=C1/NCCCS1)[N+](=O)[O-]. The first-order valence-electron chi connectivity index (χ1n) is 5.45. The lowest BCUT2D eigenvalue weighted by Gasteiger charge is -2.15. The van der Waals surface area contributed by atoms with Crippen molar-refractivity contribution in [2.45, 2.75) is 32.6 Å². The summed E-state index contributed by atoms with van der Waals surface area (Å²) in [5.74, 6) is 0.476. The first-order valence-corrected chi connectivity index (χ1v) is 6.44. The van der Waals surface area contributed by atoms with Crippen molar-refractivity contribution >= 4 is 17.5 Å². The lowest BCUT2D eigenvalue weighted by molar-refractivity contribution is -0.419. The Labute approximate surface area is 98.8 Å². The molecule has 6 heteroatoms. The third-order valence-electron chi connectivity index (χ3n) is 2.27. The molecular formula is C10H16N2O3S. The van der Waals surface area contributed by atoms with Gasteiger partial charge in [-0.05, 0) is 12.8 Å². The van der Waals surface area contributed by atoms with Crippen LogP contribution in [0, 0.1) is 10.1 Å². The van der Waals surface area contributed by atoms with Gasteiger partial charge in [0.1, 0.15) is 0 Å². The van der Waals surface area contributed by atoms with Crippen LogP contribution in [0.25, 0.3) is 0 Å². The number of carbonyl (C=O) groups is 1. The molecule has 1 aliphatic rings. The van der Waals surface area contributed by atoms with Crippen molar-refractivity contribution in [3.05, 3.63) is 20.8 Å². The number of nitrogens with zero attached hydrogens (tertiary/aromatic N) is 1. The number of nitro groups is 1. The van der Waals surface area contributed by atoms with Crippen molar-refractivity contribution < 1.29 is 9.72 Å². The van der Waals surface area contributed by atoms with Gasteiger partial charge in [0.15, 0.2) is 5.03 Å². The maximum atomic E-state index is 11.7. The standard InChI is InChI=1S/C10H16N2O3S/c1-2-3-5-8(13)9(12(14)15)10-11-6-4-7-16-10/h11H,2-7H2,1H3/b10-9+.